The average Bonchev–Trinajstić information content (AvgIpc) is 2.67. The maximum absolute atomic E-state index is 12.2. The van der Waals surface area contributed by atoms with Crippen molar-refractivity contribution in [1.29, 1.82) is 0 Å². The van der Waals surface area contributed by atoms with Gasteiger partial charge in [0.25, 0.3) is 5.91 Å². The number of carbonyl (C=O) groups excluding carboxylic acids is 1. The van der Waals surface area contributed by atoms with E-state index >= 15 is 0 Å². The molecule has 0 aliphatic rings. The number of amides is 1. The van der Waals surface area contributed by atoms with Gasteiger partial charge in [-0.2, -0.15) is 0 Å². The zero-order chi connectivity index (χ0) is 18.5. The van der Waals surface area contributed by atoms with Crippen molar-refractivity contribution in [1.82, 2.24) is 5.32 Å². The van der Waals surface area contributed by atoms with Crippen LogP contribution in [0.3, 0.4) is 0 Å². The van der Waals surface area contributed by atoms with Crippen molar-refractivity contribution in [3.63, 3.8) is 0 Å². The Morgan fingerprint density at radius 3 is 2.54 bits per heavy atom. The average molecular weight is 412 g/mol. The smallest absolute Gasteiger partial charge is 0.258 e. The normalized spacial score (nSPS) is 12.0. The lowest BCUT2D eigenvalue weighted by Gasteiger charge is -2.16. The van der Waals surface area contributed by atoms with Gasteiger partial charge >= 0.3 is 0 Å². The molecule has 0 heterocycles. The molecule has 3 aromatic carbocycles. The summed E-state index contributed by atoms with van der Waals surface area (Å²) in [4.78, 5) is 12.2. The molecule has 0 aromatic heterocycles. The van der Waals surface area contributed by atoms with Crippen molar-refractivity contribution >= 4 is 32.6 Å². The van der Waals surface area contributed by atoms with Crippen LogP contribution in [0, 0.1) is 0 Å². The summed E-state index contributed by atoms with van der Waals surface area (Å²) >= 11 is 3.58. The summed E-state index contributed by atoms with van der Waals surface area (Å²) in [7, 11) is 0. The van der Waals surface area contributed by atoms with Gasteiger partial charge in [0.05, 0.1) is 10.5 Å². The van der Waals surface area contributed by atoms with Crippen LogP contribution < -0.4 is 10.1 Å². The largest absolute Gasteiger partial charge is 0.483 e. The summed E-state index contributed by atoms with van der Waals surface area (Å²) in [5, 5.41) is 5.17. The second kappa shape index (κ2) is 8.37. The lowest BCUT2D eigenvalue weighted by Crippen LogP contribution is -2.31. The van der Waals surface area contributed by atoms with Crippen molar-refractivity contribution in [3.8, 4) is 5.75 Å². The molecular weight excluding hydrogens is 390 g/mol. The summed E-state index contributed by atoms with van der Waals surface area (Å²) in [6.45, 7) is 4.08. The SMILES string of the molecule is CCc1ccc(C(C)NC(=O)COc2ccc3ccccc3c2Br)cc1. The van der Waals surface area contributed by atoms with Crippen LogP contribution in [0.15, 0.2) is 65.1 Å². The Bertz CT molecular complexity index is 906. The standard InChI is InChI=1S/C22H22BrNO2/c1-3-16-8-10-17(11-9-16)15(2)24-21(25)14-26-20-13-12-18-6-4-5-7-19(18)22(20)23/h4-13,15H,3,14H2,1-2H3,(H,24,25). The number of hydrogen-bond donors (Lipinski definition) is 1. The van der Waals surface area contributed by atoms with Crippen molar-refractivity contribution in [3.05, 3.63) is 76.3 Å². The van der Waals surface area contributed by atoms with Crippen LogP contribution in [0.5, 0.6) is 5.75 Å². The minimum Gasteiger partial charge on any atom is -0.483 e. The molecule has 0 radical (unpaired) electrons. The third-order valence-corrected chi connectivity index (χ3v) is 5.27. The predicted molar refractivity (Wildman–Crippen MR) is 110 cm³/mol. The highest BCUT2D eigenvalue weighted by molar-refractivity contribution is 9.10. The molecule has 1 atom stereocenters. The monoisotopic (exact) mass is 411 g/mol. The number of aryl methyl sites for hydroxylation is 1. The number of fused-ring (bicyclic) bond motifs is 1. The Morgan fingerprint density at radius 2 is 1.81 bits per heavy atom. The van der Waals surface area contributed by atoms with Crippen LogP contribution in [0.25, 0.3) is 10.8 Å². The van der Waals surface area contributed by atoms with E-state index in [0.29, 0.717) is 5.75 Å². The van der Waals surface area contributed by atoms with Gasteiger partial charge in [-0.3, -0.25) is 4.79 Å². The van der Waals surface area contributed by atoms with Crippen molar-refractivity contribution in [2.24, 2.45) is 0 Å². The minimum absolute atomic E-state index is 0.0195. The molecule has 0 spiro atoms. The molecule has 4 heteroatoms. The van der Waals surface area contributed by atoms with Crippen molar-refractivity contribution in [2.45, 2.75) is 26.3 Å². The highest BCUT2D eigenvalue weighted by Crippen LogP contribution is 2.32. The van der Waals surface area contributed by atoms with E-state index < -0.39 is 0 Å². The highest BCUT2D eigenvalue weighted by atomic mass is 79.9. The van der Waals surface area contributed by atoms with Gasteiger partial charge in [0.15, 0.2) is 6.61 Å². The molecule has 0 aliphatic heterocycles. The first-order valence-electron chi connectivity index (χ1n) is 8.76. The molecule has 26 heavy (non-hydrogen) atoms. The fraction of sp³-hybridized carbons (Fsp3) is 0.227. The Kier molecular flexibility index (Phi) is 5.94. The number of ether oxygens (including phenoxy) is 1. The Hall–Kier alpha value is -2.33. The van der Waals surface area contributed by atoms with Crippen LogP contribution in [-0.2, 0) is 11.2 Å². The molecule has 0 aliphatic carbocycles. The van der Waals surface area contributed by atoms with Gasteiger partial charge in [0.2, 0.25) is 0 Å². The summed E-state index contributed by atoms with van der Waals surface area (Å²) in [5.41, 5.74) is 2.37. The first-order chi connectivity index (χ1) is 12.6. The van der Waals surface area contributed by atoms with Crippen LogP contribution in [0.2, 0.25) is 0 Å². The molecule has 1 unspecified atom stereocenters. The van der Waals surface area contributed by atoms with Gasteiger partial charge < -0.3 is 10.1 Å². The number of carbonyl (C=O) groups is 1. The topological polar surface area (TPSA) is 38.3 Å². The second-order valence-electron chi connectivity index (χ2n) is 6.27. The van der Waals surface area contributed by atoms with E-state index in [2.05, 4.69) is 52.4 Å². The van der Waals surface area contributed by atoms with Crippen molar-refractivity contribution < 1.29 is 9.53 Å². The molecular formula is C22H22BrNO2. The maximum Gasteiger partial charge on any atom is 0.258 e. The molecule has 0 saturated heterocycles. The van der Waals surface area contributed by atoms with E-state index in [-0.39, 0.29) is 18.6 Å². The van der Waals surface area contributed by atoms with Crippen LogP contribution in [0.1, 0.15) is 31.0 Å². The highest BCUT2D eigenvalue weighted by Gasteiger charge is 2.12. The van der Waals surface area contributed by atoms with E-state index in [9.17, 15) is 4.79 Å². The third-order valence-electron chi connectivity index (χ3n) is 4.45. The summed E-state index contributed by atoms with van der Waals surface area (Å²) < 4.78 is 6.59. The van der Waals surface area contributed by atoms with E-state index in [1.54, 1.807) is 0 Å². The van der Waals surface area contributed by atoms with E-state index in [1.807, 2.05) is 43.3 Å². The van der Waals surface area contributed by atoms with Gasteiger partial charge in [0.1, 0.15) is 5.75 Å². The summed E-state index contributed by atoms with van der Waals surface area (Å²) in [6.07, 6.45) is 1.01. The molecule has 0 fully saturated rings. The quantitative estimate of drug-likeness (QED) is 0.587. The van der Waals surface area contributed by atoms with Gasteiger partial charge in [-0.1, -0.05) is 61.5 Å². The first kappa shape index (κ1) is 18.5. The molecule has 3 aromatic rings. The third kappa shape index (κ3) is 4.25. The number of nitrogens with one attached hydrogen (secondary N) is 1. The maximum atomic E-state index is 12.2. The summed E-state index contributed by atoms with van der Waals surface area (Å²) in [6, 6.07) is 20.2. The zero-order valence-corrected chi connectivity index (χ0v) is 16.5. The van der Waals surface area contributed by atoms with Gasteiger partial charge in [-0.15, -0.1) is 0 Å². The van der Waals surface area contributed by atoms with Crippen LogP contribution in [-0.4, -0.2) is 12.5 Å². The minimum atomic E-state index is -0.142. The van der Waals surface area contributed by atoms with Gasteiger partial charge in [0, 0.05) is 0 Å². The molecule has 1 N–H and O–H groups in total. The fourth-order valence-corrected chi connectivity index (χ4v) is 3.48. The molecule has 0 saturated carbocycles. The molecule has 3 nitrogen and oxygen atoms in total. The van der Waals surface area contributed by atoms with Crippen LogP contribution >= 0.6 is 15.9 Å². The summed E-state index contributed by atoms with van der Waals surface area (Å²) in [5.74, 6) is 0.524. The van der Waals surface area contributed by atoms with Crippen LogP contribution in [0.4, 0.5) is 0 Å². The van der Waals surface area contributed by atoms with Gasteiger partial charge in [-0.25, -0.2) is 0 Å². The second-order valence-corrected chi connectivity index (χ2v) is 7.06. The Balaban J connectivity index is 1.60. The number of halogens is 1. The predicted octanol–water partition coefficient (Wildman–Crippen LogP) is 5.42. The van der Waals surface area contributed by atoms with Gasteiger partial charge in [-0.05, 0) is 57.2 Å². The van der Waals surface area contributed by atoms with E-state index in [0.717, 1.165) is 27.2 Å². The molecule has 0 bridgehead atoms. The molecule has 134 valence electrons. The lowest BCUT2D eigenvalue weighted by molar-refractivity contribution is -0.123. The molecule has 1 amide bonds. The number of rotatable bonds is 6. The van der Waals surface area contributed by atoms with E-state index in [1.165, 1.54) is 5.56 Å². The Labute approximate surface area is 162 Å². The Morgan fingerprint density at radius 1 is 1.08 bits per heavy atom. The first-order valence-corrected chi connectivity index (χ1v) is 9.56. The lowest BCUT2D eigenvalue weighted by atomic mass is 10.1. The fourth-order valence-electron chi connectivity index (χ4n) is 2.88. The number of hydrogen-bond acceptors (Lipinski definition) is 2. The van der Waals surface area contributed by atoms with Crippen molar-refractivity contribution in [2.75, 3.05) is 6.61 Å². The molecule has 3 rings (SSSR count). The zero-order valence-electron chi connectivity index (χ0n) is 15.0. The van der Waals surface area contributed by atoms with E-state index in [4.69, 9.17) is 4.74 Å². The number of benzene rings is 3.